The molecule has 106 valence electrons. The number of halogens is 1. The smallest absolute Gasteiger partial charge is 0.00558 e. The van der Waals surface area contributed by atoms with Crippen LogP contribution >= 0.6 is 24.2 Å². The van der Waals surface area contributed by atoms with Crippen molar-refractivity contribution < 1.29 is 0 Å². The molecule has 0 radical (unpaired) electrons. The maximum absolute atomic E-state index is 5.44. The van der Waals surface area contributed by atoms with Gasteiger partial charge in [0.05, 0.1) is 0 Å². The molecule has 0 unspecified atom stereocenters. The molecule has 0 saturated heterocycles. The SMILES string of the molecule is CCCCCCCCCCCCSCCN.Cl. The normalized spacial score (nSPS) is 10.2. The Kier molecular flexibility index (Phi) is 22.2. The van der Waals surface area contributed by atoms with Crippen LogP contribution in [0.25, 0.3) is 0 Å². The van der Waals surface area contributed by atoms with Gasteiger partial charge in [-0.05, 0) is 12.2 Å². The molecule has 0 aromatic carbocycles. The van der Waals surface area contributed by atoms with Crippen molar-refractivity contribution in [2.45, 2.75) is 71.1 Å². The van der Waals surface area contributed by atoms with Crippen LogP contribution in [0.2, 0.25) is 0 Å². The third kappa shape index (κ3) is 19.1. The summed E-state index contributed by atoms with van der Waals surface area (Å²) in [5.41, 5.74) is 5.44. The first-order valence-corrected chi connectivity index (χ1v) is 8.35. The average molecular weight is 282 g/mol. The molecule has 0 heterocycles. The monoisotopic (exact) mass is 281 g/mol. The number of unbranched alkanes of at least 4 members (excludes halogenated alkanes) is 9. The van der Waals surface area contributed by atoms with E-state index in [9.17, 15) is 0 Å². The Bertz CT molecular complexity index is 109. The molecule has 0 rings (SSSR count). The van der Waals surface area contributed by atoms with Crippen LogP contribution in [0.5, 0.6) is 0 Å². The van der Waals surface area contributed by atoms with Crippen LogP contribution in [0, 0.1) is 0 Å². The zero-order valence-electron chi connectivity index (χ0n) is 11.6. The first-order valence-electron chi connectivity index (χ1n) is 7.19. The largest absolute Gasteiger partial charge is 0.330 e. The van der Waals surface area contributed by atoms with Gasteiger partial charge in [-0.25, -0.2) is 0 Å². The lowest BCUT2D eigenvalue weighted by atomic mass is 10.1. The minimum Gasteiger partial charge on any atom is -0.330 e. The van der Waals surface area contributed by atoms with Crippen LogP contribution in [-0.4, -0.2) is 18.1 Å². The second kappa shape index (κ2) is 19.0. The van der Waals surface area contributed by atoms with Crippen molar-refractivity contribution in [1.29, 1.82) is 0 Å². The lowest BCUT2D eigenvalue weighted by Gasteiger charge is -2.02. The molecule has 0 aromatic heterocycles. The van der Waals surface area contributed by atoms with E-state index < -0.39 is 0 Å². The van der Waals surface area contributed by atoms with Gasteiger partial charge in [-0.2, -0.15) is 11.8 Å². The summed E-state index contributed by atoms with van der Waals surface area (Å²) in [6.07, 6.45) is 14.3. The Balaban J connectivity index is 0. The summed E-state index contributed by atoms with van der Waals surface area (Å²) in [5.74, 6) is 2.45. The van der Waals surface area contributed by atoms with Crippen molar-refractivity contribution in [2.75, 3.05) is 18.1 Å². The summed E-state index contributed by atoms with van der Waals surface area (Å²) in [5, 5.41) is 0. The fourth-order valence-corrected chi connectivity index (χ4v) is 2.66. The van der Waals surface area contributed by atoms with E-state index in [-0.39, 0.29) is 12.4 Å². The van der Waals surface area contributed by atoms with Crippen LogP contribution < -0.4 is 5.73 Å². The highest BCUT2D eigenvalue weighted by atomic mass is 35.5. The minimum atomic E-state index is 0. The third-order valence-electron chi connectivity index (χ3n) is 2.90. The lowest BCUT2D eigenvalue weighted by Crippen LogP contribution is -2.01. The first-order chi connectivity index (χ1) is 7.91. The van der Waals surface area contributed by atoms with Crippen molar-refractivity contribution in [2.24, 2.45) is 5.73 Å². The molecule has 17 heavy (non-hydrogen) atoms. The average Bonchev–Trinajstić information content (AvgIpc) is 2.31. The van der Waals surface area contributed by atoms with E-state index in [1.807, 2.05) is 11.8 Å². The van der Waals surface area contributed by atoms with Crippen LogP contribution in [0.3, 0.4) is 0 Å². The number of thioether (sulfide) groups is 1. The van der Waals surface area contributed by atoms with E-state index in [0.717, 1.165) is 12.3 Å². The molecule has 0 bridgehead atoms. The molecule has 0 aliphatic rings. The van der Waals surface area contributed by atoms with E-state index in [1.54, 1.807) is 0 Å². The summed E-state index contributed by atoms with van der Waals surface area (Å²) in [4.78, 5) is 0. The van der Waals surface area contributed by atoms with Crippen LogP contribution in [0.1, 0.15) is 71.1 Å². The van der Waals surface area contributed by atoms with Gasteiger partial charge in [0.15, 0.2) is 0 Å². The van der Waals surface area contributed by atoms with Crippen LogP contribution in [0.4, 0.5) is 0 Å². The lowest BCUT2D eigenvalue weighted by molar-refractivity contribution is 0.563. The van der Waals surface area contributed by atoms with Gasteiger partial charge < -0.3 is 5.73 Å². The van der Waals surface area contributed by atoms with Gasteiger partial charge in [0.1, 0.15) is 0 Å². The molecule has 0 aromatic rings. The van der Waals surface area contributed by atoms with E-state index in [4.69, 9.17) is 5.73 Å². The molecule has 0 fully saturated rings. The second-order valence-corrected chi connectivity index (χ2v) is 5.81. The quantitative estimate of drug-likeness (QED) is 0.480. The molecule has 0 saturated carbocycles. The minimum absolute atomic E-state index is 0. The molecule has 0 aliphatic heterocycles. The van der Waals surface area contributed by atoms with Crippen molar-refractivity contribution in [3.63, 3.8) is 0 Å². The summed E-state index contributed by atoms with van der Waals surface area (Å²) in [7, 11) is 0. The van der Waals surface area contributed by atoms with Gasteiger partial charge in [-0.15, -0.1) is 12.4 Å². The highest BCUT2D eigenvalue weighted by Crippen LogP contribution is 2.11. The summed E-state index contributed by atoms with van der Waals surface area (Å²) < 4.78 is 0. The fourth-order valence-electron chi connectivity index (χ4n) is 1.88. The number of hydrogen-bond donors (Lipinski definition) is 1. The van der Waals surface area contributed by atoms with Crippen molar-refractivity contribution >= 4 is 24.2 Å². The summed E-state index contributed by atoms with van der Waals surface area (Å²) in [6, 6.07) is 0. The zero-order chi connectivity index (χ0) is 11.9. The Morgan fingerprint density at radius 2 is 1.18 bits per heavy atom. The van der Waals surface area contributed by atoms with Gasteiger partial charge in [-0.1, -0.05) is 64.7 Å². The molecule has 0 atom stereocenters. The fraction of sp³-hybridized carbons (Fsp3) is 1.00. The Morgan fingerprint density at radius 3 is 1.65 bits per heavy atom. The van der Waals surface area contributed by atoms with E-state index in [1.165, 1.54) is 70.0 Å². The molecule has 1 nitrogen and oxygen atoms in total. The summed E-state index contributed by atoms with van der Waals surface area (Å²) in [6.45, 7) is 3.12. The van der Waals surface area contributed by atoms with Gasteiger partial charge in [0, 0.05) is 12.3 Å². The molecule has 0 amide bonds. The maximum Gasteiger partial charge on any atom is 0.00558 e. The maximum atomic E-state index is 5.44. The van der Waals surface area contributed by atoms with E-state index >= 15 is 0 Å². The van der Waals surface area contributed by atoms with Crippen LogP contribution in [0.15, 0.2) is 0 Å². The molecule has 3 heteroatoms. The van der Waals surface area contributed by atoms with E-state index in [0.29, 0.717) is 0 Å². The zero-order valence-corrected chi connectivity index (χ0v) is 13.2. The summed E-state index contributed by atoms with van der Waals surface area (Å²) >= 11 is 2.01. The predicted octanol–water partition coefficient (Wildman–Crippen LogP) is 5.02. The van der Waals surface area contributed by atoms with Gasteiger partial charge in [0.2, 0.25) is 0 Å². The van der Waals surface area contributed by atoms with Crippen molar-refractivity contribution in [1.82, 2.24) is 0 Å². The standard InChI is InChI=1S/C14H31NS.ClH/c1-2-3-4-5-6-7-8-9-10-11-13-16-14-12-15;/h2-15H2,1H3;1H. The Hall–Kier alpha value is 0.600. The Morgan fingerprint density at radius 1 is 0.706 bits per heavy atom. The number of nitrogens with two attached hydrogens (primary N) is 1. The second-order valence-electron chi connectivity index (χ2n) is 4.58. The molecule has 2 N–H and O–H groups in total. The van der Waals surface area contributed by atoms with E-state index in [2.05, 4.69) is 6.92 Å². The molecular formula is C14H32ClNS. The first kappa shape index (κ1) is 19.9. The van der Waals surface area contributed by atoms with Crippen LogP contribution in [-0.2, 0) is 0 Å². The van der Waals surface area contributed by atoms with Gasteiger partial charge in [-0.3, -0.25) is 0 Å². The molecular weight excluding hydrogens is 250 g/mol. The number of hydrogen-bond acceptors (Lipinski definition) is 2. The van der Waals surface area contributed by atoms with Crippen molar-refractivity contribution in [3.8, 4) is 0 Å². The predicted molar refractivity (Wildman–Crippen MR) is 85.5 cm³/mol. The molecule has 0 aliphatic carbocycles. The van der Waals surface area contributed by atoms with Gasteiger partial charge >= 0.3 is 0 Å². The highest BCUT2D eigenvalue weighted by molar-refractivity contribution is 7.99. The number of rotatable bonds is 13. The topological polar surface area (TPSA) is 26.0 Å². The third-order valence-corrected chi connectivity index (χ3v) is 4.01. The molecule has 0 spiro atoms. The Labute approximate surface area is 119 Å². The highest BCUT2D eigenvalue weighted by Gasteiger charge is 1.92. The van der Waals surface area contributed by atoms with Gasteiger partial charge in [0.25, 0.3) is 0 Å². The van der Waals surface area contributed by atoms with Crippen molar-refractivity contribution in [3.05, 3.63) is 0 Å².